The molecule has 1 aromatic carbocycles. The van der Waals surface area contributed by atoms with Crippen LogP contribution in [0.2, 0.25) is 0 Å². The first-order chi connectivity index (χ1) is 7.81. The first kappa shape index (κ1) is 11.1. The third kappa shape index (κ3) is 2.42. The van der Waals surface area contributed by atoms with Crippen molar-refractivity contribution < 1.29 is 9.53 Å². The molecule has 1 N–H and O–H groups in total. The highest BCUT2D eigenvalue weighted by Gasteiger charge is 2.26. The molecule has 0 radical (unpaired) electrons. The zero-order valence-electron chi connectivity index (χ0n) is 9.48. The van der Waals surface area contributed by atoms with Gasteiger partial charge in [-0.15, -0.1) is 0 Å². The Morgan fingerprint density at radius 3 is 2.62 bits per heavy atom. The molecule has 86 valence electrons. The normalized spacial score (nSPS) is 25.1. The molecule has 1 aliphatic heterocycles. The largest absolute Gasteiger partial charge is 0.469 e. The molecule has 0 saturated carbocycles. The molecular formula is C13H17NO2. The number of ether oxygens (including phenoxy) is 1. The first-order valence-corrected chi connectivity index (χ1v) is 5.67. The number of hydrogen-bond acceptors (Lipinski definition) is 3. The fraction of sp³-hybridized carbons (Fsp3) is 0.462. The number of piperidine rings is 1. The van der Waals surface area contributed by atoms with E-state index < -0.39 is 0 Å². The van der Waals surface area contributed by atoms with Gasteiger partial charge < -0.3 is 10.1 Å². The predicted molar refractivity (Wildman–Crippen MR) is 61.9 cm³/mol. The van der Waals surface area contributed by atoms with Crippen molar-refractivity contribution in [3.63, 3.8) is 0 Å². The molecule has 0 aliphatic carbocycles. The molecule has 0 amide bonds. The smallest absolute Gasteiger partial charge is 0.309 e. The molecule has 0 aromatic heterocycles. The number of methoxy groups -OCH3 is 1. The highest BCUT2D eigenvalue weighted by molar-refractivity contribution is 5.72. The van der Waals surface area contributed by atoms with Gasteiger partial charge in [-0.05, 0) is 18.4 Å². The van der Waals surface area contributed by atoms with E-state index in [2.05, 4.69) is 17.4 Å². The molecule has 0 bridgehead atoms. The number of hydrogen-bond donors (Lipinski definition) is 1. The summed E-state index contributed by atoms with van der Waals surface area (Å²) in [6, 6.07) is 10.7. The maximum absolute atomic E-state index is 11.3. The summed E-state index contributed by atoms with van der Waals surface area (Å²) in [6.07, 6.45) is 1.89. The van der Waals surface area contributed by atoms with E-state index in [4.69, 9.17) is 4.74 Å². The maximum Gasteiger partial charge on any atom is 0.309 e. The standard InChI is InChI=1S/C13H17NO2/c1-16-13(15)11-7-8-12(14-9-11)10-5-3-2-4-6-10/h2-6,11-12,14H,7-9H2,1H3/t11-,12-/m1/s1. The van der Waals surface area contributed by atoms with Gasteiger partial charge in [0.05, 0.1) is 13.0 Å². The average Bonchev–Trinajstić information content (AvgIpc) is 2.39. The summed E-state index contributed by atoms with van der Waals surface area (Å²) in [7, 11) is 1.45. The summed E-state index contributed by atoms with van der Waals surface area (Å²) < 4.78 is 4.75. The Morgan fingerprint density at radius 2 is 2.06 bits per heavy atom. The van der Waals surface area contributed by atoms with E-state index in [0.29, 0.717) is 12.6 Å². The molecule has 2 atom stereocenters. The molecule has 0 unspecified atom stereocenters. The zero-order valence-corrected chi connectivity index (χ0v) is 9.48. The van der Waals surface area contributed by atoms with Gasteiger partial charge in [-0.3, -0.25) is 4.79 Å². The number of carbonyl (C=O) groups excluding carboxylic acids is 1. The molecule has 3 heteroatoms. The third-order valence-corrected chi connectivity index (χ3v) is 3.15. The van der Waals surface area contributed by atoms with Crippen molar-refractivity contribution in [2.24, 2.45) is 5.92 Å². The molecule has 1 fully saturated rings. The Bertz CT molecular complexity index is 342. The quantitative estimate of drug-likeness (QED) is 0.772. The van der Waals surface area contributed by atoms with Crippen LogP contribution in [0.4, 0.5) is 0 Å². The van der Waals surface area contributed by atoms with Gasteiger partial charge in [-0.2, -0.15) is 0 Å². The van der Waals surface area contributed by atoms with Crippen molar-refractivity contribution in [1.82, 2.24) is 5.32 Å². The van der Waals surface area contributed by atoms with Crippen molar-refractivity contribution >= 4 is 5.97 Å². The van der Waals surface area contributed by atoms with Crippen LogP contribution in [0.3, 0.4) is 0 Å². The van der Waals surface area contributed by atoms with Crippen LogP contribution in [0.1, 0.15) is 24.4 Å². The van der Waals surface area contributed by atoms with Crippen molar-refractivity contribution in [1.29, 1.82) is 0 Å². The van der Waals surface area contributed by atoms with Crippen LogP contribution < -0.4 is 5.32 Å². The van der Waals surface area contributed by atoms with Crippen LogP contribution in [-0.4, -0.2) is 19.6 Å². The molecule has 3 nitrogen and oxygen atoms in total. The molecule has 16 heavy (non-hydrogen) atoms. The average molecular weight is 219 g/mol. The third-order valence-electron chi connectivity index (χ3n) is 3.15. The second kappa shape index (κ2) is 5.12. The first-order valence-electron chi connectivity index (χ1n) is 5.67. The van der Waals surface area contributed by atoms with Gasteiger partial charge in [-0.25, -0.2) is 0 Å². The van der Waals surface area contributed by atoms with Gasteiger partial charge >= 0.3 is 5.97 Å². The molecule has 0 spiro atoms. The van der Waals surface area contributed by atoms with Gasteiger partial charge in [0.1, 0.15) is 0 Å². The van der Waals surface area contributed by atoms with E-state index in [1.165, 1.54) is 12.7 Å². The fourth-order valence-corrected chi connectivity index (χ4v) is 2.19. The SMILES string of the molecule is COC(=O)[C@@H]1CC[C@H](c2ccccc2)NC1. The van der Waals surface area contributed by atoms with Crippen LogP contribution in [0, 0.1) is 5.92 Å². The number of rotatable bonds is 2. The van der Waals surface area contributed by atoms with Gasteiger partial charge in [0.25, 0.3) is 0 Å². The lowest BCUT2D eigenvalue weighted by molar-refractivity contribution is -0.146. The van der Waals surface area contributed by atoms with Crippen molar-refractivity contribution in [2.45, 2.75) is 18.9 Å². The Kier molecular flexibility index (Phi) is 3.57. The summed E-state index contributed by atoms with van der Waals surface area (Å²) in [5.74, 6) is -0.0797. The van der Waals surface area contributed by atoms with Crippen molar-refractivity contribution in [2.75, 3.05) is 13.7 Å². The Balaban J connectivity index is 1.93. The minimum atomic E-state index is -0.0981. The molecular weight excluding hydrogens is 202 g/mol. The zero-order chi connectivity index (χ0) is 11.4. The highest BCUT2D eigenvalue weighted by Crippen LogP contribution is 2.25. The summed E-state index contributed by atoms with van der Waals surface area (Å²) in [5.41, 5.74) is 1.30. The van der Waals surface area contributed by atoms with Crippen LogP contribution >= 0.6 is 0 Å². The Labute approximate surface area is 95.8 Å². The fourth-order valence-electron chi connectivity index (χ4n) is 2.19. The molecule has 1 heterocycles. The summed E-state index contributed by atoms with van der Waals surface area (Å²) in [4.78, 5) is 11.3. The Morgan fingerprint density at radius 1 is 1.31 bits per heavy atom. The lowest BCUT2D eigenvalue weighted by Crippen LogP contribution is -2.37. The lowest BCUT2D eigenvalue weighted by Gasteiger charge is -2.28. The Hall–Kier alpha value is -1.35. The van der Waals surface area contributed by atoms with Crippen LogP contribution in [-0.2, 0) is 9.53 Å². The van der Waals surface area contributed by atoms with E-state index in [1.807, 2.05) is 18.2 Å². The molecule has 2 rings (SSSR count). The topological polar surface area (TPSA) is 38.3 Å². The van der Waals surface area contributed by atoms with E-state index in [1.54, 1.807) is 0 Å². The second-order valence-electron chi connectivity index (χ2n) is 4.17. The molecule has 1 aromatic rings. The summed E-state index contributed by atoms with van der Waals surface area (Å²) in [5, 5.41) is 3.40. The number of carbonyl (C=O) groups is 1. The van der Waals surface area contributed by atoms with Crippen molar-refractivity contribution in [3.05, 3.63) is 35.9 Å². The number of nitrogens with one attached hydrogen (secondary N) is 1. The molecule has 1 aliphatic rings. The highest BCUT2D eigenvalue weighted by atomic mass is 16.5. The number of esters is 1. The van der Waals surface area contributed by atoms with Gasteiger partial charge in [-0.1, -0.05) is 30.3 Å². The number of benzene rings is 1. The predicted octanol–water partition coefficient (Wildman–Crippen LogP) is 1.90. The van der Waals surface area contributed by atoms with E-state index in [0.717, 1.165) is 12.8 Å². The van der Waals surface area contributed by atoms with Crippen LogP contribution in [0.5, 0.6) is 0 Å². The van der Waals surface area contributed by atoms with Gasteiger partial charge in [0.15, 0.2) is 0 Å². The van der Waals surface area contributed by atoms with E-state index in [-0.39, 0.29) is 11.9 Å². The van der Waals surface area contributed by atoms with E-state index in [9.17, 15) is 4.79 Å². The molecule has 1 saturated heterocycles. The van der Waals surface area contributed by atoms with E-state index >= 15 is 0 Å². The van der Waals surface area contributed by atoms with Gasteiger partial charge in [0, 0.05) is 12.6 Å². The van der Waals surface area contributed by atoms with Gasteiger partial charge in [0.2, 0.25) is 0 Å². The maximum atomic E-state index is 11.3. The summed E-state index contributed by atoms with van der Waals surface area (Å²) >= 11 is 0. The summed E-state index contributed by atoms with van der Waals surface area (Å²) in [6.45, 7) is 0.715. The van der Waals surface area contributed by atoms with Crippen molar-refractivity contribution in [3.8, 4) is 0 Å². The van der Waals surface area contributed by atoms with Crippen LogP contribution in [0.25, 0.3) is 0 Å². The minimum Gasteiger partial charge on any atom is -0.469 e. The lowest BCUT2D eigenvalue weighted by atomic mass is 9.91. The second-order valence-corrected chi connectivity index (χ2v) is 4.17. The minimum absolute atomic E-state index is 0.0185. The monoisotopic (exact) mass is 219 g/mol. The van der Waals surface area contributed by atoms with Crippen LogP contribution in [0.15, 0.2) is 30.3 Å².